The normalized spacial score (nSPS) is 12.2. The first-order valence-electron chi connectivity index (χ1n) is 3.59. The first-order valence-corrected chi connectivity index (χ1v) is 4.40. The van der Waals surface area contributed by atoms with Crippen LogP contribution in [0.3, 0.4) is 0 Å². The molecule has 0 aromatic carbocycles. The molecule has 2 nitrogen and oxygen atoms in total. The summed E-state index contributed by atoms with van der Waals surface area (Å²) in [7, 11) is 0. The summed E-state index contributed by atoms with van der Waals surface area (Å²) in [5, 5.41) is 4.82. The van der Waals surface area contributed by atoms with Gasteiger partial charge in [0.15, 0.2) is 0 Å². The second-order valence-corrected chi connectivity index (χ2v) is 3.34. The zero-order valence-corrected chi connectivity index (χ0v) is 8.52. The second kappa shape index (κ2) is 3.97. The van der Waals surface area contributed by atoms with Gasteiger partial charge in [-0.05, 0) is 19.9 Å². The Hall–Kier alpha value is -0.470. The van der Waals surface area contributed by atoms with E-state index in [2.05, 4.69) is 5.10 Å². The fraction of sp³-hybridized carbons (Fsp3) is 0.375. The van der Waals surface area contributed by atoms with Crippen LogP contribution in [-0.4, -0.2) is 9.78 Å². The minimum atomic E-state index is 0.546. The number of allylic oxidation sites excluding steroid dienone is 1. The third-order valence-corrected chi connectivity index (χ3v) is 2.13. The minimum Gasteiger partial charge on any atom is -0.264 e. The van der Waals surface area contributed by atoms with E-state index < -0.39 is 0 Å². The first-order chi connectivity index (χ1) is 5.63. The Morgan fingerprint density at radius 3 is 2.75 bits per heavy atom. The Labute approximate surface area is 81.8 Å². The molecule has 0 unspecified atom stereocenters. The van der Waals surface area contributed by atoms with Crippen LogP contribution in [0.2, 0.25) is 0 Å². The molecule has 12 heavy (non-hydrogen) atoms. The Balaban J connectivity index is 2.82. The molecule has 1 aromatic heterocycles. The standard InChI is InChI=1S/C8H10Cl2N2/c1-6-3-7(2)12(11-6)5-8(10)4-9/h3-4H,5H2,1-2H3. The molecule has 0 aliphatic rings. The zero-order chi connectivity index (χ0) is 9.14. The van der Waals surface area contributed by atoms with Crippen molar-refractivity contribution < 1.29 is 0 Å². The number of halogens is 2. The molecule has 0 aliphatic carbocycles. The van der Waals surface area contributed by atoms with Gasteiger partial charge in [-0.1, -0.05) is 23.2 Å². The lowest BCUT2D eigenvalue weighted by Gasteiger charge is -2.00. The van der Waals surface area contributed by atoms with Crippen molar-refractivity contribution in [3.63, 3.8) is 0 Å². The molecule has 0 N–H and O–H groups in total. The van der Waals surface area contributed by atoms with Gasteiger partial charge in [0.1, 0.15) is 0 Å². The maximum atomic E-state index is 5.75. The summed E-state index contributed by atoms with van der Waals surface area (Å²) >= 11 is 11.2. The molecule has 0 amide bonds. The lowest BCUT2D eigenvalue weighted by Crippen LogP contribution is -2.02. The Morgan fingerprint density at radius 1 is 1.67 bits per heavy atom. The van der Waals surface area contributed by atoms with Crippen molar-refractivity contribution in [3.8, 4) is 0 Å². The van der Waals surface area contributed by atoms with Crippen LogP contribution >= 0.6 is 23.2 Å². The number of hydrogen-bond donors (Lipinski definition) is 0. The van der Waals surface area contributed by atoms with E-state index in [0.717, 1.165) is 11.4 Å². The van der Waals surface area contributed by atoms with Gasteiger partial charge in [-0.15, -0.1) is 0 Å². The fourth-order valence-corrected chi connectivity index (χ4v) is 1.19. The SMILES string of the molecule is Cc1cc(C)n(CC(Cl)=CCl)n1. The van der Waals surface area contributed by atoms with Crippen molar-refractivity contribution in [3.05, 3.63) is 28.0 Å². The van der Waals surface area contributed by atoms with Gasteiger partial charge in [-0.3, -0.25) is 4.68 Å². The Kier molecular flexibility index (Phi) is 3.18. The van der Waals surface area contributed by atoms with Gasteiger partial charge >= 0.3 is 0 Å². The van der Waals surface area contributed by atoms with Gasteiger partial charge in [0.2, 0.25) is 0 Å². The van der Waals surface area contributed by atoms with Crippen LogP contribution in [0.25, 0.3) is 0 Å². The van der Waals surface area contributed by atoms with E-state index in [0.29, 0.717) is 11.6 Å². The number of rotatable bonds is 2. The molecule has 1 heterocycles. The van der Waals surface area contributed by atoms with E-state index in [-0.39, 0.29) is 0 Å². The molecule has 66 valence electrons. The molecule has 0 saturated heterocycles. The lowest BCUT2D eigenvalue weighted by molar-refractivity contribution is 0.666. The maximum Gasteiger partial charge on any atom is 0.0777 e. The number of aromatic nitrogens is 2. The van der Waals surface area contributed by atoms with E-state index in [1.807, 2.05) is 24.6 Å². The van der Waals surface area contributed by atoms with Crippen molar-refractivity contribution in [1.82, 2.24) is 9.78 Å². The molecule has 0 radical (unpaired) electrons. The van der Waals surface area contributed by atoms with Gasteiger partial charge in [0.25, 0.3) is 0 Å². The molecule has 0 bridgehead atoms. The predicted octanol–water partition coefficient (Wildman–Crippen LogP) is 2.82. The van der Waals surface area contributed by atoms with E-state index in [9.17, 15) is 0 Å². The van der Waals surface area contributed by atoms with Crippen LogP contribution in [0.5, 0.6) is 0 Å². The summed E-state index contributed by atoms with van der Waals surface area (Å²) in [5.41, 5.74) is 3.44. The highest BCUT2D eigenvalue weighted by Gasteiger charge is 2.01. The predicted molar refractivity (Wildman–Crippen MR) is 51.5 cm³/mol. The van der Waals surface area contributed by atoms with Gasteiger partial charge in [-0.25, -0.2) is 0 Å². The Morgan fingerprint density at radius 2 is 2.33 bits per heavy atom. The highest BCUT2D eigenvalue weighted by atomic mass is 35.5. The van der Waals surface area contributed by atoms with Crippen molar-refractivity contribution in [1.29, 1.82) is 0 Å². The average Bonchev–Trinajstić information content (AvgIpc) is 2.30. The molecule has 1 rings (SSSR count). The van der Waals surface area contributed by atoms with Crippen LogP contribution in [0, 0.1) is 13.8 Å². The van der Waals surface area contributed by atoms with Crippen LogP contribution in [0.4, 0.5) is 0 Å². The van der Waals surface area contributed by atoms with Crippen molar-refractivity contribution in [2.45, 2.75) is 20.4 Å². The maximum absolute atomic E-state index is 5.75. The van der Waals surface area contributed by atoms with Gasteiger partial charge in [-0.2, -0.15) is 5.10 Å². The molecule has 1 aromatic rings. The second-order valence-electron chi connectivity index (χ2n) is 2.64. The van der Waals surface area contributed by atoms with Crippen LogP contribution in [0.15, 0.2) is 16.6 Å². The number of hydrogen-bond acceptors (Lipinski definition) is 1. The summed E-state index contributed by atoms with van der Waals surface area (Å²) in [6.07, 6.45) is 0. The summed E-state index contributed by atoms with van der Waals surface area (Å²) in [6.45, 7) is 4.48. The van der Waals surface area contributed by atoms with Crippen molar-refractivity contribution in [2.24, 2.45) is 0 Å². The summed E-state index contributed by atoms with van der Waals surface area (Å²) in [4.78, 5) is 0. The van der Waals surface area contributed by atoms with Crippen molar-refractivity contribution in [2.75, 3.05) is 0 Å². The topological polar surface area (TPSA) is 17.8 Å². The number of aryl methyl sites for hydroxylation is 2. The average molecular weight is 205 g/mol. The highest BCUT2D eigenvalue weighted by molar-refractivity contribution is 6.36. The minimum absolute atomic E-state index is 0.546. The van der Waals surface area contributed by atoms with E-state index >= 15 is 0 Å². The molecule has 0 spiro atoms. The molecule has 0 aliphatic heterocycles. The summed E-state index contributed by atoms with van der Waals surface area (Å²) in [5.74, 6) is 0. The van der Waals surface area contributed by atoms with Crippen LogP contribution in [-0.2, 0) is 6.54 Å². The molecule has 0 saturated carbocycles. The third-order valence-electron chi connectivity index (χ3n) is 1.52. The van der Waals surface area contributed by atoms with E-state index in [4.69, 9.17) is 23.2 Å². The van der Waals surface area contributed by atoms with E-state index in [1.54, 1.807) is 0 Å². The molecular formula is C8H10Cl2N2. The Bertz CT molecular complexity index is 302. The fourth-order valence-electron chi connectivity index (χ4n) is 1.01. The first kappa shape index (κ1) is 9.62. The third kappa shape index (κ3) is 2.26. The smallest absolute Gasteiger partial charge is 0.0777 e. The highest BCUT2D eigenvalue weighted by Crippen LogP contribution is 2.09. The van der Waals surface area contributed by atoms with Crippen LogP contribution in [0.1, 0.15) is 11.4 Å². The van der Waals surface area contributed by atoms with Gasteiger partial charge in [0.05, 0.1) is 17.3 Å². The van der Waals surface area contributed by atoms with Gasteiger partial charge < -0.3 is 0 Å². The van der Waals surface area contributed by atoms with Crippen LogP contribution < -0.4 is 0 Å². The van der Waals surface area contributed by atoms with E-state index in [1.165, 1.54) is 5.54 Å². The largest absolute Gasteiger partial charge is 0.264 e. The van der Waals surface area contributed by atoms with Crippen molar-refractivity contribution >= 4 is 23.2 Å². The molecule has 4 heteroatoms. The van der Waals surface area contributed by atoms with Gasteiger partial charge in [0, 0.05) is 11.2 Å². The number of nitrogens with zero attached hydrogens (tertiary/aromatic N) is 2. The monoisotopic (exact) mass is 204 g/mol. The molecule has 0 fully saturated rings. The summed E-state index contributed by atoms with van der Waals surface area (Å²) < 4.78 is 1.82. The summed E-state index contributed by atoms with van der Waals surface area (Å²) in [6, 6.07) is 2.00. The quantitative estimate of drug-likeness (QED) is 0.725. The molecule has 0 atom stereocenters. The molecular weight excluding hydrogens is 195 g/mol. The lowest BCUT2D eigenvalue weighted by atomic mass is 10.4. The zero-order valence-electron chi connectivity index (χ0n) is 7.01.